The number of carboxylic acids is 1. The Kier molecular flexibility index (Phi) is 6.57. The molecule has 3 aromatic carbocycles. The lowest BCUT2D eigenvalue weighted by Gasteiger charge is -2.11. The molecule has 0 bridgehead atoms. The van der Waals surface area contributed by atoms with Crippen molar-refractivity contribution in [2.45, 2.75) is 0 Å². The predicted molar refractivity (Wildman–Crippen MR) is 145 cm³/mol. The largest absolute Gasteiger partial charge is 0.506 e. The van der Waals surface area contributed by atoms with Gasteiger partial charge in [-0.05, 0) is 78.9 Å². The molecule has 0 saturated heterocycles. The minimum Gasteiger partial charge on any atom is -0.506 e. The van der Waals surface area contributed by atoms with E-state index in [0.29, 0.717) is 22.9 Å². The Morgan fingerprint density at radius 1 is 0.868 bits per heavy atom. The van der Waals surface area contributed by atoms with Crippen LogP contribution in [0.4, 0.5) is 5.69 Å². The summed E-state index contributed by atoms with van der Waals surface area (Å²) < 4.78 is 1.57. The molecule has 0 unspecified atom stereocenters. The Bertz CT molecular complexity index is 1660. The topological polar surface area (TPSA) is 104 Å². The molecule has 0 aliphatic carbocycles. The zero-order valence-corrected chi connectivity index (χ0v) is 20.7. The van der Waals surface area contributed by atoms with Crippen LogP contribution in [0.2, 0.25) is 0 Å². The number of anilines is 1. The Morgan fingerprint density at radius 2 is 1.50 bits per heavy atom. The van der Waals surface area contributed by atoms with Crippen molar-refractivity contribution in [3.05, 3.63) is 108 Å². The number of pyridine rings is 1. The highest BCUT2D eigenvalue weighted by atomic mass is 16.4. The van der Waals surface area contributed by atoms with Crippen LogP contribution in [0.15, 0.2) is 91.3 Å². The maximum atomic E-state index is 11.3. The minimum atomic E-state index is -1.02. The number of nitrogens with zero attached hydrogens (tertiary/aromatic N) is 5. The van der Waals surface area contributed by atoms with Gasteiger partial charge in [-0.1, -0.05) is 11.8 Å². The molecule has 0 spiro atoms. The number of carbonyl (C=O) groups is 1. The summed E-state index contributed by atoms with van der Waals surface area (Å²) in [5.41, 5.74) is 4.86. The molecule has 8 heteroatoms. The third kappa shape index (κ3) is 5.08. The normalized spacial score (nSPS) is 10.5. The first-order valence-corrected chi connectivity index (χ1v) is 11.7. The molecule has 8 nitrogen and oxygen atoms in total. The van der Waals surface area contributed by atoms with Gasteiger partial charge >= 0.3 is 5.97 Å². The van der Waals surface area contributed by atoms with Crippen molar-refractivity contribution >= 4 is 11.7 Å². The summed E-state index contributed by atoms with van der Waals surface area (Å²) in [7, 11) is 4.00. The third-order valence-electron chi connectivity index (χ3n) is 5.88. The summed E-state index contributed by atoms with van der Waals surface area (Å²) in [5.74, 6) is 6.14. The smallest absolute Gasteiger partial charge is 0.335 e. The monoisotopic (exact) mass is 501 g/mol. The quantitative estimate of drug-likeness (QED) is 0.331. The van der Waals surface area contributed by atoms with E-state index < -0.39 is 5.97 Å². The first kappa shape index (κ1) is 24.3. The lowest BCUT2D eigenvalue weighted by Crippen LogP contribution is -2.07. The van der Waals surface area contributed by atoms with Gasteiger partial charge in [0.25, 0.3) is 0 Å². The van der Waals surface area contributed by atoms with Crippen molar-refractivity contribution in [3.63, 3.8) is 0 Å². The molecule has 0 radical (unpaired) electrons. The van der Waals surface area contributed by atoms with Crippen LogP contribution in [-0.4, -0.2) is 50.0 Å². The zero-order chi connectivity index (χ0) is 26.6. The highest BCUT2D eigenvalue weighted by Crippen LogP contribution is 2.30. The van der Waals surface area contributed by atoms with E-state index in [-0.39, 0.29) is 11.3 Å². The molecule has 5 aromatic rings. The molecule has 0 aliphatic heterocycles. The fourth-order valence-electron chi connectivity index (χ4n) is 3.80. The van der Waals surface area contributed by atoms with E-state index in [2.05, 4.69) is 21.9 Å². The number of hydrogen-bond acceptors (Lipinski definition) is 6. The lowest BCUT2D eigenvalue weighted by atomic mass is 10.1. The molecule has 0 amide bonds. The maximum absolute atomic E-state index is 11.3. The average Bonchev–Trinajstić information content (AvgIpc) is 3.38. The summed E-state index contributed by atoms with van der Waals surface area (Å²) in [6.45, 7) is 0. The van der Waals surface area contributed by atoms with Gasteiger partial charge < -0.3 is 15.1 Å². The minimum absolute atomic E-state index is 0.0425. The zero-order valence-electron chi connectivity index (χ0n) is 20.7. The van der Waals surface area contributed by atoms with Crippen LogP contribution < -0.4 is 4.90 Å². The van der Waals surface area contributed by atoms with Crippen LogP contribution in [0.3, 0.4) is 0 Å². The van der Waals surface area contributed by atoms with Gasteiger partial charge in [-0.15, -0.1) is 5.10 Å². The van der Waals surface area contributed by atoms with Crippen LogP contribution in [0, 0.1) is 11.8 Å². The number of rotatable bonds is 5. The van der Waals surface area contributed by atoms with Crippen LogP contribution in [-0.2, 0) is 0 Å². The second-order valence-corrected chi connectivity index (χ2v) is 8.68. The second-order valence-electron chi connectivity index (χ2n) is 8.68. The molecular formula is C30H23N5O3. The molecule has 2 heterocycles. The number of hydrogen-bond donors (Lipinski definition) is 2. The molecule has 5 rings (SSSR count). The fraction of sp³-hybridized carbons (Fsp3) is 0.0667. The van der Waals surface area contributed by atoms with Crippen molar-refractivity contribution in [1.82, 2.24) is 19.7 Å². The lowest BCUT2D eigenvalue weighted by molar-refractivity contribution is 0.0697. The van der Waals surface area contributed by atoms with Gasteiger partial charge in [-0.25, -0.2) is 14.5 Å². The third-order valence-corrected chi connectivity index (χ3v) is 5.88. The number of aromatic carboxylic acids is 1. The second kappa shape index (κ2) is 10.3. The molecule has 0 saturated carbocycles. The van der Waals surface area contributed by atoms with E-state index in [4.69, 9.17) is 4.98 Å². The maximum Gasteiger partial charge on any atom is 0.335 e. The summed E-state index contributed by atoms with van der Waals surface area (Å²) in [5, 5.41) is 24.3. The Morgan fingerprint density at radius 3 is 2.08 bits per heavy atom. The Balaban J connectivity index is 1.48. The van der Waals surface area contributed by atoms with E-state index in [9.17, 15) is 15.0 Å². The van der Waals surface area contributed by atoms with Gasteiger partial charge in [0.15, 0.2) is 11.6 Å². The van der Waals surface area contributed by atoms with Crippen molar-refractivity contribution < 1.29 is 15.0 Å². The van der Waals surface area contributed by atoms with Crippen molar-refractivity contribution in [1.29, 1.82) is 0 Å². The number of aromatic hydroxyl groups is 1. The van der Waals surface area contributed by atoms with Crippen molar-refractivity contribution in [2.24, 2.45) is 0 Å². The van der Waals surface area contributed by atoms with Crippen LogP contribution >= 0.6 is 0 Å². The molecule has 38 heavy (non-hydrogen) atoms. The highest BCUT2D eigenvalue weighted by molar-refractivity contribution is 5.87. The molecular weight excluding hydrogens is 478 g/mol. The number of benzene rings is 3. The van der Waals surface area contributed by atoms with Gasteiger partial charge in [0.05, 0.1) is 23.0 Å². The Hall–Kier alpha value is -5.42. The van der Waals surface area contributed by atoms with E-state index >= 15 is 0 Å². The first-order valence-electron chi connectivity index (χ1n) is 11.7. The van der Waals surface area contributed by atoms with Crippen LogP contribution in [0.1, 0.15) is 21.5 Å². The van der Waals surface area contributed by atoms with Gasteiger partial charge in [0.2, 0.25) is 0 Å². The Labute approximate surface area is 219 Å². The predicted octanol–water partition coefficient (Wildman–Crippen LogP) is 4.87. The summed E-state index contributed by atoms with van der Waals surface area (Å²) in [4.78, 5) is 22.0. The molecule has 186 valence electrons. The summed E-state index contributed by atoms with van der Waals surface area (Å²) in [6.07, 6.45) is 2.89. The number of carboxylic acid groups (broad SMARTS) is 1. The fourth-order valence-corrected chi connectivity index (χ4v) is 3.80. The van der Waals surface area contributed by atoms with E-state index in [1.54, 1.807) is 29.1 Å². The van der Waals surface area contributed by atoms with E-state index in [1.165, 1.54) is 18.3 Å². The van der Waals surface area contributed by atoms with E-state index in [1.807, 2.05) is 67.5 Å². The molecule has 0 fully saturated rings. The van der Waals surface area contributed by atoms with Gasteiger partial charge in [-0.2, -0.15) is 0 Å². The van der Waals surface area contributed by atoms with Gasteiger partial charge in [-0.3, -0.25) is 4.98 Å². The van der Waals surface area contributed by atoms with Gasteiger partial charge in [0.1, 0.15) is 5.75 Å². The summed E-state index contributed by atoms with van der Waals surface area (Å²) >= 11 is 0. The average molecular weight is 502 g/mol. The molecule has 2 aromatic heterocycles. The number of aromatic nitrogens is 4. The van der Waals surface area contributed by atoms with E-state index in [0.717, 1.165) is 22.4 Å². The SMILES string of the molecule is CN(C)c1ccc(C#Cc2ccc(-c3nc(-c4ccncc4O)n(-c4ccc(C(=O)O)cc4)n3)cc2)cc1. The van der Waals surface area contributed by atoms with Crippen LogP contribution in [0.25, 0.3) is 28.5 Å². The van der Waals surface area contributed by atoms with Crippen molar-refractivity contribution in [3.8, 4) is 46.1 Å². The molecule has 2 N–H and O–H groups in total. The molecule has 0 aliphatic rings. The highest BCUT2D eigenvalue weighted by Gasteiger charge is 2.18. The first-order chi connectivity index (χ1) is 18.4. The summed E-state index contributed by atoms with van der Waals surface area (Å²) in [6, 6.07) is 23.6. The van der Waals surface area contributed by atoms with Crippen LogP contribution in [0.5, 0.6) is 5.75 Å². The van der Waals surface area contributed by atoms with Gasteiger partial charge in [0, 0.05) is 42.7 Å². The standard InChI is InChI=1S/C30H23N5O3/c1-34(2)24-13-7-21(8-14-24)4-3-20-5-9-22(10-6-20)28-32-29(26-17-18-31-19-27(26)36)35(33-28)25-15-11-23(12-16-25)30(37)38/h5-19,36H,1-2H3,(H,37,38). The van der Waals surface area contributed by atoms with Crippen molar-refractivity contribution in [2.75, 3.05) is 19.0 Å². The molecule has 0 atom stereocenters.